The second-order valence-corrected chi connectivity index (χ2v) is 5.02. The molecule has 94 valence electrons. The molecular formula is C14H17N3O. The van der Waals surface area contributed by atoms with E-state index in [0.29, 0.717) is 12.3 Å². The summed E-state index contributed by atoms with van der Waals surface area (Å²) in [5.41, 5.74) is 1.85. The zero-order valence-corrected chi connectivity index (χ0v) is 10.3. The van der Waals surface area contributed by atoms with Gasteiger partial charge in [0.1, 0.15) is 0 Å². The second kappa shape index (κ2) is 4.80. The molecule has 4 nitrogen and oxygen atoms in total. The van der Waals surface area contributed by atoms with E-state index < -0.39 is 0 Å². The first-order valence-corrected chi connectivity index (χ1v) is 6.54. The Hall–Kier alpha value is -1.84. The normalized spacial score (nSPS) is 16.2. The SMILES string of the molecule is O=C(CC1CCCC1)Nc1ccn2nccc2c1. The summed E-state index contributed by atoms with van der Waals surface area (Å²) in [5.74, 6) is 0.717. The van der Waals surface area contributed by atoms with E-state index in [4.69, 9.17) is 0 Å². The number of pyridine rings is 1. The van der Waals surface area contributed by atoms with Gasteiger partial charge in [0.15, 0.2) is 0 Å². The third kappa shape index (κ3) is 2.37. The number of anilines is 1. The van der Waals surface area contributed by atoms with Gasteiger partial charge in [-0.2, -0.15) is 5.10 Å². The first-order chi connectivity index (χ1) is 8.81. The number of amides is 1. The van der Waals surface area contributed by atoms with Crippen LogP contribution in [0.2, 0.25) is 0 Å². The van der Waals surface area contributed by atoms with Crippen molar-refractivity contribution in [1.82, 2.24) is 9.61 Å². The zero-order chi connectivity index (χ0) is 12.4. The zero-order valence-electron chi connectivity index (χ0n) is 10.3. The number of nitrogens with one attached hydrogen (secondary N) is 1. The van der Waals surface area contributed by atoms with E-state index in [-0.39, 0.29) is 5.91 Å². The summed E-state index contributed by atoms with van der Waals surface area (Å²) in [6.07, 6.45) is 9.23. The fourth-order valence-electron chi connectivity index (χ4n) is 2.69. The highest BCUT2D eigenvalue weighted by Crippen LogP contribution is 2.27. The summed E-state index contributed by atoms with van der Waals surface area (Å²) in [4.78, 5) is 11.9. The summed E-state index contributed by atoms with van der Waals surface area (Å²) >= 11 is 0. The van der Waals surface area contributed by atoms with Crippen LogP contribution >= 0.6 is 0 Å². The quantitative estimate of drug-likeness (QED) is 0.901. The first kappa shape index (κ1) is 11.3. The smallest absolute Gasteiger partial charge is 0.224 e. The number of hydrogen-bond acceptors (Lipinski definition) is 2. The van der Waals surface area contributed by atoms with E-state index in [1.54, 1.807) is 10.7 Å². The third-order valence-corrected chi connectivity index (χ3v) is 3.63. The molecule has 4 heteroatoms. The van der Waals surface area contributed by atoms with Crippen LogP contribution in [0.5, 0.6) is 0 Å². The molecule has 1 fully saturated rings. The van der Waals surface area contributed by atoms with Gasteiger partial charge in [-0.25, -0.2) is 4.52 Å². The maximum absolute atomic E-state index is 11.9. The largest absolute Gasteiger partial charge is 0.326 e. The number of fused-ring (bicyclic) bond motifs is 1. The number of aromatic nitrogens is 2. The Morgan fingerprint density at radius 1 is 1.39 bits per heavy atom. The van der Waals surface area contributed by atoms with Gasteiger partial charge in [-0.15, -0.1) is 0 Å². The van der Waals surface area contributed by atoms with E-state index in [9.17, 15) is 4.79 Å². The summed E-state index contributed by atoms with van der Waals surface area (Å²) in [6, 6.07) is 5.75. The average molecular weight is 243 g/mol. The molecule has 0 saturated heterocycles. The fourth-order valence-corrected chi connectivity index (χ4v) is 2.69. The molecule has 0 radical (unpaired) electrons. The van der Waals surface area contributed by atoms with Crippen LogP contribution in [-0.2, 0) is 4.79 Å². The van der Waals surface area contributed by atoms with Crippen LogP contribution in [0.3, 0.4) is 0 Å². The molecule has 1 N–H and O–H groups in total. The molecule has 1 amide bonds. The van der Waals surface area contributed by atoms with Crippen molar-refractivity contribution in [2.75, 3.05) is 5.32 Å². The van der Waals surface area contributed by atoms with E-state index in [1.807, 2.05) is 24.4 Å². The lowest BCUT2D eigenvalue weighted by Gasteiger charge is -2.09. The van der Waals surface area contributed by atoms with Crippen molar-refractivity contribution in [3.63, 3.8) is 0 Å². The molecule has 3 rings (SSSR count). The van der Waals surface area contributed by atoms with Gasteiger partial charge in [0, 0.05) is 24.5 Å². The Morgan fingerprint density at radius 2 is 2.22 bits per heavy atom. The van der Waals surface area contributed by atoms with Crippen LogP contribution in [0.15, 0.2) is 30.6 Å². The van der Waals surface area contributed by atoms with Gasteiger partial charge in [-0.05, 0) is 37.0 Å². The molecule has 0 aliphatic heterocycles. The predicted molar refractivity (Wildman–Crippen MR) is 70.4 cm³/mol. The fraction of sp³-hybridized carbons (Fsp3) is 0.429. The molecule has 0 aromatic carbocycles. The van der Waals surface area contributed by atoms with Crippen LogP contribution in [0.4, 0.5) is 5.69 Å². The first-order valence-electron chi connectivity index (χ1n) is 6.54. The Bertz CT molecular complexity index is 555. The van der Waals surface area contributed by atoms with Crippen LogP contribution < -0.4 is 5.32 Å². The molecular weight excluding hydrogens is 226 g/mol. The Kier molecular flexibility index (Phi) is 3.00. The van der Waals surface area contributed by atoms with Crippen LogP contribution in [0, 0.1) is 5.92 Å². The van der Waals surface area contributed by atoms with Crippen molar-refractivity contribution in [2.45, 2.75) is 32.1 Å². The molecule has 1 aliphatic rings. The maximum Gasteiger partial charge on any atom is 0.224 e. The van der Waals surface area contributed by atoms with Gasteiger partial charge >= 0.3 is 0 Å². The predicted octanol–water partition coefficient (Wildman–Crippen LogP) is 2.85. The number of nitrogens with zero attached hydrogens (tertiary/aromatic N) is 2. The van der Waals surface area contributed by atoms with Crippen molar-refractivity contribution in [3.05, 3.63) is 30.6 Å². The maximum atomic E-state index is 11.9. The van der Waals surface area contributed by atoms with Gasteiger partial charge in [0.25, 0.3) is 0 Å². The molecule has 1 aliphatic carbocycles. The van der Waals surface area contributed by atoms with E-state index in [2.05, 4.69) is 10.4 Å². The minimum atomic E-state index is 0.130. The second-order valence-electron chi connectivity index (χ2n) is 5.02. The molecule has 0 unspecified atom stereocenters. The summed E-state index contributed by atoms with van der Waals surface area (Å²) in [5, 5.41) is 7.10. The van der Waals surface area contributed by atoms with Crippen molar-refractivity contribution >= 4 is 17.1 Å². The minimum Gasteiger partial charge on any atom is -0.326 e. The molecule has 0 atom stereocenters. The van der Waals surface area contributed by atoms with E-state index in [1.165, 1.54) is 25.7 Å². The molecule has 2 aromatic heterocycles. The third-order valence-electron chi connectivity index (χ3n) is 3.63. The van der Waals surface area contributed by atoms with Crippen molar-refractivity contribution < 1.29 is 4.79 Å². The van der Waals surface area contributed by atoms with Crippen molar-refractivity contribution in [3.8, 4) is 0 Å². The van der Waals surface area contributed by atoms with E-state index in [0.717, 1.165) is 11.2 Å². The highest BCUT2D eigenvalue weighted by molar-refractivity contribution is 5.91. The molecule has 18 heavy (non-hydrogen) atoms. The Morgan fingerprint density at radius 3 is 3.06 bits per heavy atom. The lowest BCUT2D eigenvalue weighted by molar-refractivity contribution is -0.117. The minimum absolute atomic E-state index is 0.130. The van der Waals surface area contributed by atoms with Gasteiger partial charge < -0.3 is 5.32 Å². The monoisotopic (exact) mass is 243 g/mol. The summed E-state index contributed by atoms with van der Waals surface area (Å²) in [6.45, 7) is 0. The molecule has 1 saturated carbocycles. The van der Waals surface area contributed by atoms with Gasteiger partial charge in [-0.1, -0.05) is 12.8 Å². The van der Waals surface area contributed by atoms with Crippen molar-refractivity contribution in [2.24, 2.45) is 5.92 Å². The number of hydrogen-bond donors (Lipinski definition) is 1. The topological polar surface area (TPSA) is 46.4 Å². The molecule has 0 spiro atoms. The van der Waals surface area contributed by atoms with E-state index >= 15 is 0 Å². The van der Waals surface area contributed by atoms with Crippen LogP contribution in [-0.4, -0.2) is 15.5 Å². The van der Waals surface area contributed by atoms with Crippen LogP contribution in [0.1, 0.15) is 32.1 Å². The Labute approximate surface area is 106 Å². The standard InChI is InChI=1S/C14H17N3O/c18-14(9-11-3-1-2-4-11)16-12-6-8-17-13(10-12)5-7-15-17/h5-8,10-11H,1-4,9H2,(H,16,18). The van der Waals surface area contributed by atoms with Gasteiger partial charge in [-0.3, -0.25) is 4.79 Å². The highest BCUT2D eigenvalue weighted by atomic mass is 16.1. The molecule has 2 heterocycles. The lowest BCUT2D eigenvalue weighted by atomic mass is 10.0. The number of rotatable bonds is 3. The van der Waals surface area contributed by atoms with Crippen molar-refractivity contribution in [1.29, 1.82) is 0 Å². The summed E-state index contributed by atoms with van der Waals surface area (Å²) < 4.78 is 1.78. The molecule has 2 aromatic rings. The van der Waals surface area contributed by atoms with Gasteiger partial charge in [0.05, 0.1) is 5.52 Å². The van der Waals surface area contributed by atoms with Crippen LogP contribution in [0.25, 0.3) is 5.52 Å². The number of carbonyl (C=O) groups excluding carboxylic acids is 1. The highest BCUT2D eigenvalue weighted by Gasteiger charge is 2.18. The average Bonchev–Trinajstić information content (AvgIpc) is 2.98. The number of carbonyl (C=O) groups is 1. The molecule has 0 bridgehead atoms. The van der Waals surface area contributed by atoms with Gasteiger partial charge in [0.2, 0.25) is 5.91 Å². The lowest BCUT2D eigenvalue weighted by Crippen LogP contribution is -2.15. The summed E-state index contributed by atoms with van der Waals surface area (Å²) in [7, 11) is 0. The Balaban J connectivity index is 1.65.